The number of rotatable bonds is 5. The number of benzene rings is 1. The maximum atomic E-state index is 13.3. The van der Waals surface area contributed by atoms with Crippen LogP contribution in [0.4, 0.5) is 8.78 Å². The highest BCUT2D eigenvalue weighted by Gasteiger charge is 2.25. The maximum absolute atomic E-state index is 13.3. The number of carbonyl (C=O) groups excluding carboxylic acids is 1. The summed E-state index contributed by atoms with van der Waals surface area (Å²) in [7, 11) is -4.05. The molecule has 0 fully saturated rings. The Morgan fingerprint density at radius 2 is 1.94 bits per heavy atom. The molecule has 100 valence electrons. The minimum absolute atomic E-state index is 0.400. The Bertz CT molecular complexity index is 552. The molecule has 0 aliphatic heterocycles. The van der Waals surface area contributed by atoms with Gasteiger partial charge in [-0.25, -0.2) is 17.2 Å². The van der Waals surface area contributed by atoms with Crippen molar-refractivity contribution in [3.63, 3.8) is 0 Å². The number of halogens is 2. The van der Waals surface area contributed by atoms with Gasteiger partial charge in [-0.05, 0) is 18.6 Å². The first-order valence-corrected chi connectivity index (χ1v) is 7.13. The van der Waals surface area contributed by atoms with Crippen LogP contribution < -0.4 is 0 Å². The quantitative estimate of drug-likeness (QED) is 0.776. The Kier molecular flexibility index (Phi) is 4.56. The summed E-state index contributed by atoms with van der Waals surface area (Å²) in [5.74, 6) is -3.67. The second-order valence-electron chi connectivity index (χ2n) is 4.11. The van der Waals surface area contributed by atoms with E-state index in [0.29, 0.717) is 12.5 Å². The van der Waals surface area contributed by atoms with Crippen LogP contribution in [0.25, 0.3) is 0 Å². The highest BCUT2D eigenvalue weighted by Crippen LogP contribution is 2.18. The number of carbonyl (C=O) groups is 1. The lowest BCUT2D eigenvalue weighted by molar-refractivity contribution is -0.119. The first-order chi connectivity index (χ1) is 8.27. The molecular formula is C12H14F2O3S. The standard InChI is InChI=1S/C12H14F2O3S/c1-3-8(2)11(15)7-18(16,17)12-5-4-9(13)6-10(12)14/h4-6,8H,3,7H2,1-2H3. The Labute approximate surface area is 105 Å². The summed E-state index contributed by atoms with van der Waals surface area (Å²) in [5, 5.41) is 0. The second kappa shape index (κ2) is 5.56. The molecule has 1 rings (SSSR count). The molecular weight excluding hydrogens is 262 g/mol. The van der Waals surface area contributed by atoms with Crippen molar-refractivity contribution in [3.8, 4) is 0 Å². The summed E-state index contributed by atoms with van der Waals surface area (Å²) < 4.78 is 49.7. The van der Waals surface area contributed by atoms with Gasteiger partial charge in [0.2, 0.25) is 0 Å². The maximum Gasteiger partial charge on any atom is 0.188 e. The molecule has 0 aliphatic carbocycles. The summed E-state index contributed by atoms with van der Waals surface area (Å²) in [4.78, 5) is 10.9. The summed E-state index contributed by atoms with van der Waals surface area (Å²) in [6.45, 7) is 3.37. The summed E-state index contributed by atoms with van der Waals surface area (Å²) in [5.41, 5.74) is 0. The molecule has 0 saturated carbocycles. The number of hydrogen-bond donors (Lipinski definition) is 0. The molecule has 6 heteroatoms. The normalized spacial score (nSPS) is 13.3. The topological polar surface area (TPSA) is 51.2 Å². The molecule has 0 amide bonds. The fourth-order valence-corrected chi connectivity index (χ4v) is 2.81. The van der Waals surface area contributed by atoms with E-state index in [9.17, 15) is 22.0 Å². The zero-order valence-electron chi connectivity index (χ0n) is 10.1. The average Bonchev–Trinajstić information content (AvgIpc) is 2.26. The van der Waals surface area contributed by atoms with Gasteiger partial charge in [-0.2, -0.15) is 0 Å². The minimum atomic E-state index is -4.05. The molecule has 0 radical (unpaired) electrons. The molecule has 1 atom stereocenters. The molecule has 1 aromatic rings. The highest BCUT2D eigenvalue weighted by molar-refractivity contribution is 7.92. The molecule has 0 spiro atoms. The summed E-state index contributed by atoms with van der Waals surface area (Å²) in [6.07, 6.45) is 0.514. The molecule has 3 nitrogen and oxygen atoms in total. The van der Waals surface area contributed by atoms with Crippen LogP contribution in [0.1, 0.15) is 20.3 Å². The van der Waals surface area contributed by atoms with E-state index in [0.717, 1.165) is 12.1 Å². The fourth-order valence-electron chi connectivity index (χ4n) is 1.36. The van der Waals surface area contributed by atoms with Gasteiger partial charge < -0.3 is 0 Å². The Morgan fingerprint density at radius 1 is 1.33 bits per heavy atom. The van der Waals surface area contributed by atoms with Crippen LogP contribution >= 0.6 is 0 Å². The molecule has 1 unspecified atom stereocenters. The van der Waals surface area contributed by atoms with Crippen LogP contribution in [0.5, 0.6) is 0 Å². The number of Topliss-reactive ketones (excluding diaryl/α,β-unsaturated/α-hetero) is 1. The molecule has 0 aliphatic rings. The molecule has 1 aromatic carbocycles. The van der Waals surface area contributed by atoms with E-state index in [4.69, 9.17) is 0 Å². The minimum Gasteiger partial charge on any atom is -0.298 e. The van der Waals surface area contributed by atoms with Crippen LogP contribution in [-0.2, 0) is 14.6 Å². The molecule has 0 N–H and O–H groups in total. The van der Waals surface area contributed by atoms with Crippen molar-refractivity contribution in [1.29, 1.82) is 0 Å². The van der Waals surface area contributed by atoms with E-state index >= 15 is 0 Å². The molecule has 0 aromatic heterocycles. The molecule has 0 heterocycles. The van der Waals surface area contributed by atoms with Gasteiger partial charge in [0.15, 0.2) is 15.6 Å². The Morgan fingerprint density at radius 3 is 2.44 bits per heavy atom. The Hall–Kier alpha value is -1.30. The van der Waals surface area contributed by atoms with Gasteiger partial charge in [-0.3, -0.25) is 4.79 Å². The highest BCUT2D eigenvalue weighted by atomic mass is 32.2. The lowest BCUT2D eigenvalue weighted by atomic mass is 10.1. The first-order valence-electron chi connectivity index (χ1n) is 5.48. The fraction of sp³-hybridized carbons (Fsp3) is 0.417. The number of sulfone groups is 1. The van der Waals surface area contributed by atoms with Crippen molar-refractivity contribution in [2.45, 2.75) is 25.2 Å². The lowest BCUT2D eigenvalue weighted by Crippen LogP contribution is -2.22. The SMILES string of the molecule is CCC(C)C(=O)CS(=O)(=O)c1ccc(F)cc1F. The van der Waals surface area contributed by atoms with Crippen LogP contribution in [0.2, 0.25) is 0 Å². The van der Waals surface area contributed by atoms with E-state index in [1.807, 2.05) is 0 Å². The summed E-state index contributed by atoms with van der Waals surface area (Å²) in [6, 6.07) is 2.17. The molecule has 0 saturated heterocycles. The largest absolute Gasteiger partial charge is 0.298 e. The zero-order chi connectivity index (χ0) is 13.9. The van der Waals surface area contributed by atoms with Crippen molar-refractivity contribution < 1.29 is 22.0 Å². The van der Waals surface area contributed by atoms with E-state index in [2.05, 4.69) is 0 Å². The van der Waals surface area contributed by atoms with Crippen LogP contribution in [-0.4, -0.2) is 20.0 Å². The van der Waals surface area contributed by atoms with Gasteiger partial charge in [0.1, 0.15) is 22.3 Å². The van der Waals surface area contributed by atoms with Crippen molar-refractivity contribution in [2.75, 3.05) is 5.75 Å². The third-order valence-electron chi connectivity index (χ3n) is 2.72. The van der Waals surface area contributed by atoms with E-state index in [-0.39, 0.29) is 0 Å². The van der Waals surface area contributed by atoms with Crippen molar-refractivity contribution in [3.05, 3.63) is 29.8 Å². The van der Waals surface area contributed by atoms with Crippen molar-refractivity contribution >= 4 is 15.6 Å². The third-order valence-corrected chi connectivity index (χ3v) is 4.39. The van der Waals surface area contributed by atoms with Crippen molar-refractivity contribution in [1.82, 2.24) is 0 Å². The monoisotopic (exact) mass is 276 g/mol. The van der Waals surface area contributed by atoms with Crippen LogP contribution in [0.15, 0.2) is 23.1 Å². The van der Waals surface area contributed by atoms with Gasteiger partial charge in [-0.1, -0.05) is 13.8 Å². The Balaban J connectivity index is 3.04. The first kappa shape index (κ1) is 14.8. The van der Waals surface area contributed by atoms with E-state index in [1.165, 1.54) is 0 Å². The van der Waals surface area contributed by atoms with Gasteiger partial charge in [-0.15, -0.1) is 0 Å². The number of ketones is 1. The van der Waals surface area contributed by atoms with E-state index in [1.54, 1.807) is 13.8 Å². The van der Waals surface area contributed by atoms with Gasteiger partial charge in [0.25, 0.3) is 0 Å². The summed E-state index contributed by atoms with van der Waals surface area (Å²) >= 11 is 0. The van der Waals surface area contributed by atoms with Crippen LogP contribution in [0.3, 0.4) is 0 Å². The number of hydrogen-bond acceptors (Lipinski definition) is 3. The third kappa shape index (κ3) is 3.35. The predicted molar refractivity (Wildman–Crippen MR) is 62.9 cm³/mol. The predicted octanol–water partition coefficient (Wildman–Crippen LogP) is 2.35. The second-order valence-corrected chi connectivity index (χ2v) is 6.07. The van der Waals surface area contributed by atoms with Gasteiger partial charge in [0, 0.05) is 12.0 Å². The van der Waals surface area contributed by atoms with E-state index < -0.39 is 43.8 Å². The van der Waals surface area contributed by atoms with Gasteiger partial charge in [0.05, 0.1) is 0 Å². The van der Waals surface area contributed by atoms with Crippen molar-refractivity contribution in [2.24, 2.45) is 5.92 Å². The van der Waals surface area contributed by atoms with Gasteiger partial charge >= 0.3 is 0 Å². The van der Waals surface area contributed by atoms with Crippen LogP contribution in [0, 0.1) is 17.6 Å². The smallest absolute Gasteiger partial charge is 0.188 e. The average molecular weight is 276 g/mol. The molecule has 18 heavy (non-hydrogen) atoms. The zero-order valence-corrected chi connectivity index (χ0v) is 10.9. The molecule has 0 bridgehead atoms. The lowest BCUT2D eigenvalue weighted by Gasteiger charge is -2.09.